The molecule has 0 aliphatic heterocycles. The molecule has 0 bridgehead atoms. The van der Waals surface area contributed by atoms with Crippen LogP contribution in [-0.4, -0.2) is 65.7 Å². The number of aryl methyl sites for hydroxylation is 1. The Kier molecular flexibility index (Phi) is 13.0. The monoisotopic (exact) mass is 656 g/mol. The van der Waals surface area contributed by atoms with Gasteiger partial charge in [-0.05, 0) is 68.5 Å². The quantitative estimate of drug-likeness (QED) is 0.209. The van der Waals surface area contributed by atoms with E-state index < -0.39 is 66.9 Å². The predicted octanol–water partition coefficient (Wildman–Crippen LogP) is 7.36. The van der Waals surface area contributed by atoms with E-state index in [2.05, 4.69) is 10.3 Å². The molecule has 1 heterocycles. The SMILES string of the molecule is C.CN(C(=O)CCc1cccc(F)c1Cl)[C@H](COC(=O)Nc1cc2cc(F)ccc2cn1)CC(F)(F)CNC(=O)OC(C)(C)C. The van der Waals surface area contributed by atoms with Gasteiger partial charge in [0.1, 0.15) is 29.7 Å². The molecule has 3 aromatic rings. The van der Waals surface area contributed by atoms with Gasteiger partial charge in [-0.15, -0.1) is 0 Å². The molecule has 1 atom stereocenters. The van der Waals surface area contributed by atoms with Crippen molar-refractivity contribution in [2.24, 2.45) is 0 Å². The molecule has 0 radical (unpaired) electrons. The number of fused-ring (bicyclic) bond motifs is 1. The van der Waals surface area contributed by atoms with Crippen molar-refractivity contribution in [2.45, 2.75) is 65.0 Å². The fourth-order valence-electron chi connectivity index (χ4n) is 4.10. The Morgan fingerprint density at radius 2 is 1.76 bits per heavy atom. The minimum absolute atomic E-state index is 0. The van der Waals surface area contributed by atoms with E-state index in [1.165, 1.54) is 49.6 Å². The first-order valence-electron chi connectivity index (χ1n) is 13.6. The number of nitrogens with zero attached hydrogens (tertiary/aromatic N) is 2. The van der Waals surface area contributed by atoms with Crippen LogP contribution in [0.5, 0.6) is 0 Å². The lowest BCUT2D eigenvalue weighted by Crippen LogP contribution is -2.47. The van der Waals surface area contributed by atoms with Crippen molar-refractivity contribution in [1.82, 2.24) is 15.2 Å². The number of pyridine rings is 1. The number of alkyl halides is 2. The molecule has 2 aromatic carbocycles. The number of rotatable bonds is 11. The van der Waals surface area contributed by atoms with Crippen LogP contribution in [0.15, 0.2) is 48.7 Å². The Morgan fingerprint density at radius 1 is 1.04 bits per heavy atom. The van der Waals surface area contributed by atoms with Crippen molar-refractivity contribution in [3.63, 3.8) is 0 Å². The summed E-state index contributed by atoms with van der Waals surface area (Å²) < 4.78 is 67.6. The predicted molar refractivity (Wildman–Crippen MR) is 163 cm³/mol. The Hall–Kier alpha value is -4.13. The number of carbonyl (C=O) groups is 3. The highest BCUT2D eigenvalue weighted by Crippen LogP contribution is 2.25. The van der Waals surface area contributed by atoms with Crippen molar-refractivity contribution in [3.05, 3.63) is 70.9 Å². The fourth-order valence-corrected chi connectivity index (χ4v) is 4.32. The van der Waals surface area contributed by atoms with Crippen LogP contribution in [0.25, 0.3) is 10.8 Å². The molecule has 0 spiro atoms. The zero-order valence-corrected chi connectivity index (χ0v) is 25.3. The smallest absolute Gasteiger partial charge is 0.412 e. The summed E-state index contributed by atoms with van der Waals surface area (Å²) >= 11 is 5.97. The molecule has 9 nitrogen and oxygen atoms in total. The minimum atomic E-state index is -3.55. The van der Waals surface area contributed by atoms with E-state index in [-0.39, 0.29) is 31.1 Å². The van der Waals surface area contributed by atoms with Crippen LogP contribution >= 0.6 is 11.6 Å². The van der Waals surface area contributed by atoms with Crippen molar-refractivity contribution in [1.29, 1.82) is 0 Å². The van der Waals surface area contributed by atoms with Crippen molar-refractivity contribution < 1.29 is 41.4 Å². The largest absolute Gasteiger partial charge is 0.447 e. The summed E-state index contributed by atoms with van der Waals surface area (Å²) in [5.74, 6) is -5.28. The highest BCUT2D eigenvalue weighted by atomic mass is 35.5. The number of aromatic nitrogens is 1. The van der Waals surface area contributed by atoms with Crippen molar-refractivity contribution in [2.75, 3.05) is 25.5 Å². The topological polar surface area (TPSA) is 110 Å². The minimum Gasteiger partial charge on any atom is -0.447 e. The van der Waals surface area contributed by atoms with Crippen LogP contribution in [0.3, 0.4) is 0 Å². The zero-order valence-electron chi connectivity index (χ0n) is 24.6. The maximum atomic E-state index is 15.0. The third kappa shape index (κ3) is 11.7. The Bertz CT molecular complexity index is 1500. The van der Waals surface area contributed by atoms with E-state index in [0.29, 0.717) is 16.3 Å². The van der Waals surface area contributed by atoms with Gasteiger partial charge in [-0.3, -0.25) is 10.1 Å². The first-order valence-corrected chi connectivity index (χ1v) is 13.9. The molecule has 0 unspecified atom stereocenters. The Labute approximate surface area is 264 Å². The first-order chi connectivity index (χ1) is 20.5. The van der Waals surface area contributed by atoms with E-state index in [9.17, 15) is 23.2 Å². The van der Waals surface area contributed by atoms with E-state index in [1.807, 2.05) is 5.32 Å². The van der Waals surface area contributed by atoms with Gasteiger partial charge in [0.15, 0.2) is 0 Å². The summed E-state index contributed by atoms with van der Waals surface area (Å²) in [5.41, 5.74) is -0.552. The first kappa shape index (κ1) is 37.1. The highest BCUT2D eigenvalue weighted by molar-refractivity contribution is 6.31. The van der Waals surface area contributed by atoms with Gasteiger partial charge in [0.25, 0.3) is 5.92 Å². The average molecular weight is 657 g/mol. The number of carbonyl (C=O) groups excluding carboxylic acids is 3. The van der Waals surface area contributed by atoms with E-state index in [0.717, 1.165) is 11.0 Å². The summed E-state index contributed by atoms with van der Waals surface area (Å²) in [5, 5.41) is 5.28. The molecule has 246 valence electrons. The molecular weight excluding hydrogens is 620 g/mol. The number of hydrogen-bond donors (Lipinski definition) is 2. The second-order valence-electron chi connectivity index (χ2n) is 11.1. The van der Waals surface area contributed by atoms with Gasteiger partial charge >= 0.3 is 12.2 Å². The number of likely N-dealkylation sites (N-methyl/N-ethyl adjacent to an activating group) is 1. The van der Waals surface area contributed by atoms with Gasteiger partial charge in [-0.2, -0.15) is 0 Å². The third-order valence-corrected chi connectivity index (χ3v) is 6.75. The number of ether oxygens (including phenoxy) is 2. The number of amides is 3. The molecule has 2 N–H and O–H groups in total. The third-order valence-electron chi connectivity index (χ3n) is 6.33. The number of halogens is 5. The lowest BCUT2D eigenvalue weighted by Gasteiger charge is -2.31. The van der Waals surface area contributed by atoms with Crippen LogP contribution in [0.1, 0.15) is 46.6 Å². The number of nitrogens with one attached hydrogen (secondary N) is 2. The van der Waals surface area contributed by atoms with Crippen LogP contribution in [0.2, 0.25) is 5.02 Å². The summed E-state index contributed by atoms with van der Waals surface area (Å²) in [7, 11) is 1.26. The van der Waals surface area contributed by atoms with Gasteiger partial charge in [0.05, 0.1) is 17.6 Å². The molecule has 3 amide bonds. The summed E-state index contributed by atoms with van der Waals surface area (Å²) in [4.78, 5) is 42.5. The number of alkyl carbamates (subject to hydrolysis) is 1. The van der Waals surface area contributed by atoms with Gasteiger partial charge in [0.2, 0.25) is 5.91 Å². The molecule has 0 fully saturated rings. The molecule has 45 heavy (non-hydrogen) atoms. The van der Waals surface area contributed by atoms with Crippen molar-refractivity contribution in [3.8, 4) is 0 Å². The lowest BCUT2D eigenvalue weighted by atomic mass is 10.1. The van der Waals surface area contributed by atoms with E-state index >= 15 is 8.78 Å². The summed E-state index contributed by atoms with van der Waals surface area (Å²) in [6, 6.07) is 8.21. The van der Waals surface area contributed by atoms with Crippen LogP contribution in [0.4, 0.5) is 33.0 Å². The van der Waals surface area contributed by atoms with Crippen molar-refractivity contribution >= 4 is 46.3 Å². The fraction of sp³-hybridized carbons (Fsp3) is 0.419. The summed E-state index contributed by atoms with van der Waals surface area (Å²) in [6.07, 6.45) is -1.88. The molecule has 0 aliphatic rings. The highest BCUT2D eigenvalue weighted by Gasteiger charge is 2.37. The van der Waals surface area contributed by atoms with E-state index in [4.69, 9.17) is 21.1 Å². The Morgan fingerprint density at radius 3 is 2.44 bits per heavy atom. The molecule has 0 aliphatic carbocycles. The van der Waals surface area contributed by atoms with Crippen LogP contribution in [-0.2, 0) is 20.7 Å². The number of anilines is 1. The molecule has 0 saturated carbocycles. The van der Waals surface area contributed by atoms with Crippen LogP contribution < -0.4 is 10.6 Å². The number of hydrogen-bond acceptors (Lipinski definition) is 6. The standard InChI is InChI=1S/C30H33ClF4N4O5.CH4/c1-29(2,3)44-27(41)37-17-30(34,35)14-22(39(4)25(40)11-9-18-6-5-7-23(33)26(18)31)16-43-28(42)38-24-13-20-12-21(32)10-8-19(20)15-36-24;/h5-8,10,12-13,15,22H,9,11,14,16-17H2,1-4H3,(H,37,41)(H,36,38,42);1H4/t22-;/m0./s1. The molecule has 14 heteroatoms. The maximum absolute atomic E-state index is 15.0. The second-order valence-corrected chi connectivity index (χ2v) is 11.4. The zero-order chi connectivity index (χ0) is 32.7. The summed E-state index contributed by atoms with van der Waals surface area (Å²) in [6.45, 7) is 2.97. The lowest BCUT2D eigenvalue weighted by molar-refractivity contribution is -0.135. The number of benzene rings is 2. The van der Waals surface area contributed by atoms with Crippen LogP contribution in [0, 0.1) is 11.6 Å². The molecule has 0 saturated heterocycles. The Balaban J connectivity index is 0.00000705. The van der Waals surface area contributed by atoms with Gasteiger partial charge in [0, 0.05) is 31.5 Å². The second kappa shape index (κ2) is 15.7. The molecular formula is C31H37ClF4N4O5. The normalized spacial score (nSPS) is 12.1. The maximum Gasteiger partial charge on any atom is 0.412 e. The average Bonchev–Trinajstić information content (AvgIpc) is 2.93. The molecule has 3 rings (SSSR count). The van der Waals surface area contributed by atoms with Gasteiger partial charge in [-0.25, -0.2) is 32.1 Å². The molecule has 1 aromatic heterocycles. The van der Waals surface area contributed by atoms with Gasteiger partial charge in [-0.1, -0.05) is 31.2 Å². The van der Waals surface area contributed by atoms with E-state index in [1.54, 1.807) is 20.8 Å². The van der Waals surface area contributed by atoms with Gasteiger partial charge < -0.3 is 19.7 Å².